The van der Waals surface area contributed by atoms with E-state index in [0.717, 1.165) is 18.4 Å². The number of ether oxygens (including phenoxy) is 2. The summed E-state index contributed by atoms with van der Waals surface area (Å²) in [5, 5.41) is 5.83. The second-order valence-corrected chi connectivity index (χ2v) is 8.22. The fourth-order valence-electron chi connectivity index (χ4n) is 3.20. The molecule has 2 atom stereocenters. The summed E-state index contributed by atoms with van der Waals surface area (Å²) in [6.45, 7) is 5.67. The number of carbonyl (C=O) groups is 1. The van der Waals surface area contributed by atoms with Gasteiger partial charge in [0, 0.05) is 17.9 Å². The Balaban J connectivity index is 1.87. The zero-order valence-electron chi connectivity index (χ0n) is 17.4. The molecule has 29 heavy (non-hydrogen) atoms. The van der Waals surface area contributed by atoms with Crippen molar-refractivity contribution in [3.8, 4) is 5.69 Å². The average Bonchev–Trinajstić information content (AvgIpc) is 2.63. The lowest BCUT2D eigenvalue weighted by atomic mass is 9.89. The van der Waals surface area contributed by atoms with Gasteiger partial charge in [-0.05, 0) is 64.4 Å². The molecular formula is C22H29N3O4. The Hall–Kier alpha value is -2.64. The average molecular weight is 399 g/mol. The van der Waals surface area contributed by atoms with Gasteiger partial charge in [0.1, 0.15) is 11.3 Å². The highest BCUT2D eigenvalue weighted by atomic mass is 16.6. The molecule has 0 radical (unpaired) electrons. The van der Waals surface area contributed by atoms with Crippen LogP contribution in [0.5, 0.6) is 0 Å². The molecule has 0 unspecified atom stereocenters. The third-order valence-corrected chi connectivity index (χ3v) is 4.79. The highest BCUT2D eigenvalue weighted by Crippen LogP contribution is 2.24. The monoisotopic (exact) mass is 399 g/mol. The van der Waals surface area contributed by atoms with Crippen LogP contribution in [0.3, 0.4) is 0 Å². The Bertz CT molecular complexity index is 901. The lowest BCUT2D eigenvalue weighted by Gasteiger charge is -2.36. The number of amides is 1. The van der Waals surface area contributed by atoms with Crippen LogP contribution in [-0.2, 0) is 16.1 Å². The highest BCUT2D eigenvalue weighted by Gasteiger charge is 2.30. The topological polar surface area (TPSA) is 81.6 Å². The van der Waals surface area contributed by atoms with Crippen molar-refractivity contribution in [3.05, 3.63) is 58.5 Å². The summed E-state index contributed by atoms with van der Waals surface area (Å²) in [4.78, 5) is 25.2. The zero-order valence-corrected chi connectivity index (χ0v) is 17.4. The van der Waals surface area contributed by atoms with E-state index in [1.165, 1.54) is 4.57 Å². The molecule has 1 aromatic carbocycles. The van der Waals surface area contributed by atoms with Gasteiger partial charge >= 0.3 is 6.09 Å². The van der Waals surface area contributed by atoms with E-state index in [0.29, 0.717) is 18.3 Å². The van der Waals surface area contributed by atoms with Gasteiger partial charge in [0.05, 0.1) is 12.7 Å². The third kappa shape index (κ3) is 5.46. The molecule has 156 valence electrons. The molecule has 1 saturated carbocycles. The van der Waals surface area contributed by atoms with Crippen LogP contribution in [0.2, 0.25) is 0 Å². The molecule has 1 aliphatic carbocycles. The number of likely N-dealkylation sites (N-methyl/N-ethyl adjacent to an activating group) is 1. The number of nitrogens with zero attached hydrogens (tertiary/aromatic N) is 1. The van der Waals surface area contributed by atoms with Crippen LogP contribution in [0.4, 0.5) is 10.5 Å². The van der Waals surface area contributed by atoms with Gasteiger partial charge in [0.15, 0.2) is 0 Å². The number of hydrogen-bond acceptors (Lipinski definition) is 5. The molecule has 7 nitrogen and oxygen atoms in total. The molecule has 0 aliphatic heterocycles. The smallest absolute Gasteiger partial charge is 0.412 e. The van der Waals surface area contributed by atoms with E-state index in [2.05, 4.69) is 10.6 Å². The molecule has 1 heterocycles. The first-order valence-electron chi connectivity index (χ1n) is 9.87. The second-order valence-electron chi connectivity index (χ2n) is 8.22. The predicted molar refractivity (Wildman–Crippen MR) is 113 cm³/mol. The van der Waals surface area contributed by atoms with Crippen molar-refractivity contribution in [3.63, 3.8) is 0 Å². The fourth-order valence-corrected chi connectivity index (χ4v) is 3.20. The number of anilines is 1. The predicted octanol–water partition coefficient (Wildman–Crippen LogP) is 3.45. The molecule has 1 fully saturated rings. The van der Waals surface area contributed by atoms with Gasteiger partial charge in [0.2, 0.25) is 0 Å². The molecule has 2 N–H and O–H groups in total. The van der Waals surface area contributed by atoms with Gasteiger partial charge in [-0.25, -0.2) is 4.79 Å². The minimum atomic E-state index is -0.665. The Morgan fingerprint density at radius 1 is 1.21 bits per heavy atom. The lowest BCUT2D eigenvalue weighted by Crippen LogP contribution is -2.47. The molecular weight excluding hydrogens is 370 g/mol. The van der Waals surface area contributed by atoms with Crippen molar-refractivity contribution in [2.24, 2.45) is 0 Å². The lowest BCUT2D eigenvalue weighted by molar-refractivity contribution is -0.0338. The minimum Gasteiger partial charge on any atom is -0.444 e. The summed E-state index contributed by atoms with van der Waals surface area (Å²) in [5.41, 5.74) is 0.672. The molecule has 0 spiro atoms. The van der Waals surface area contributed by atoms with E-state index >= 15 is 0 Å². The molecule has 1 aromatic heterocycles. The number of pyridine rings is 1. The van der Waals surface area contributed by atoms with Crippen molar-refractivity contribution in [2.75, 3.05) is 12.4 Å². The SMILES string of the molecule is CN[C@@H]1CC[C@H]1OCc1cc(NC(=O)OC(C)(C)C)c(=O)n(-c2ccccc2)c1. The molecule has 7 heteroatoms. The van der Waals surface area contributed by atoms with Crippen LogP contribution < -0.4 is 16.2 Å². The van der Waals surface area contributed by atoms with E-state index < -0.39 is 11.7 Å². The maximum absolute atomic E-state index is 13.0. The number of hydrogen-bond donors (Lipinski definition) is 2. The van der Waals surface area contributed by atoms with Gasteiger partial charge in [0.25, 0.3) is 5.56 Å². The Labute approximate surface area is 171 Å². The van der Waals surface area contributed by atoms with Crippen LogP contribution in [0.25, 0.3) is 5.69 Å². The molecule has 3 rings (SSSR count). The van der Waals surface area contributed by atoms with Crippen molar-refractivity contribution in [1.29, 1.82) is 0 Å². The quantitative estimate of drug-likeness (QED) is 0.778. The maximum Gasteiger partial charge on any atom is 0.412 e. The first kappa shape index (κ1) is 21.1. The van der Waals surface area contributed by atoms with Crippen LogP contribution in [0, 0.1) is 0 Å². The van der Waals surface area contributed by atoms with E-state index in [-0.39, 0.29) is 17.4 Å². The van der Waals surface area contributed by atoms with Gasteiger partial charge in [-0.3, -0.25) is 14.7 Å². The molecule has 0 saturated heterocycles. The van der Waals surface area contributed by atoms with E-state index in [4.69, 9.17) is 9.47 Å². The second kappa shape index (κ2) is 8.80. The van der Waals surface area contributed by atoms with Gasteiger partial charge < -0.3 is 14.8 Å². The zero-order chi connectivity index (χ0) is 21.0. The number of benzene rings is 1. The summed E-state index contributed by atoms with van der Waals surface area (Å²) >= 11 is 0. The van der Waals surface area contributed by atoms with Crippen LogP contribution in [-0.4, -0.2) is 35.5 Å². The van der Waals surface area contributed by atoms with Gasteiger partial charge in [-0.15, -0.1) is 0 Å². The third-order valence-electron chi connectivity index (χ3n) is 4.79. The highest BCUT2D eigenvalue weighted by molar-refractivity contribution is 5.84. The van der Waals surface area contributed by atoms with Crippen molar-refractivity contribution >= 4 is 11.8 Å². The van der Waals surface area contributed by atoms with E-state index in [1.807, 2.05) is 37.4 Å². The molecule has 1 aliphatic rings. The number of para-hydroxylation sites is 1. The van der Waals surface area contributed by atoms with Crippen molar-refractivity contribution in [1.82, 2.24) is 9.88 Å². The maximum atomic E-state index is 13.0. The summed E-state index contributed by atoms with van der Waals surface area (Å²) in [6, 6.07) is 11.3. The standard InChI is InChI=1S/C22H29N3O4/c1-22(2,3)29-21(27)24-18-12-15(14-28-19-11-10-17(19)23-4)13-25(20(18)26)16-8-6-5-7-9-16/h5-9,12-13,17,19,23H,10-11,14H2,1-4H3,(H,24,27)/t17-,19-/m1/s1. The molecule has 2 aromatic rings. The summed E-state index contributed by atoms with van der Waals surface area (Å²) in [6.07, 6.45) is 3.34. The molecule has 0 bridgehead atoms. The van der Waals surface area contributed by atoms with E-state index in [1.54, 1.807) is 33.0 Å². The number of carbonyl (C=O) groups excluding carboxylic acids is 1. The Morgan fingerprint density at radius 2 is 1.93 bits per heavy atom. The number of aromatic nitrogens is 1. The first-order chi connectivity index (χ1) is 13.8. The largest absolute Gasteiger partial charge is 0.444 e. The Morgan fingerprint density at radius 3 is 2.52 bits per heavy atom. The number of nitrogens with one attached hydrogen (secondary N) is 2. The van der Waals surface area contributed by atoms with E-state index in [9.17, 15) is 9.59 Å². The summed E-state index contributed by atoms with van der Waals surface area (Å²) < 4.78 is 12.8. The van der Waals surface area contributed by atoms with Gasteiger partial charge in [-0.1, -0.05) is 18.2 Å². The van der Waals surface area contributed by atoms with Crippen LogP contribution >= 0.6 is 0 Å². The minimum absolute atomic E-state index is 0.152. The van der Waals surface area contributed by atoms with Crippen LogP contribution in [0.15, 0.2) is 47.4 Å². The fraction of sp³-hybridized carbons (Fsp3) is 0.455. The number of rotatable bonds is 6. The van der Waals surface area contributed by atoms with Crippen molar-refractivity contribution in [2.45, 2.75) is 58.0 Å². The van der Waals surface area contributed by atoms with Gasteiger partial charge in [-0.2, -0.15) is 0 Å². The summed E-state index contributed by atoms with van der Waals surface area (Å²) in [7, 11) is 1.93. The normalized spacial score (nSPS) is 18.8. The molecule has 1 amide bonds. The van der Waals surface area contributed by atoms with Crippen LogP contribution in [0.1, 0.15) is 39.2 Å². The first-order valence-corrected chi connectivity index (χ1v) is 9.87. The van der Waals surface area contributed by atoms with Crippen molar-refractivity contribution < 1.29 is 14.3 Å². The Kier molecular flexibility index (Phi) is 6.39. The summed E-state index contributed by atoms with van der Waals surface area (Å²) in [5.74, 6) is 0.